The molecule has 0 fully saturated rings. The van der Waals surface area contributed by atoms with Crippen molar-refractivity contribution < 1.29 is 24.7 Å². The molecule has 0 saturated carbocycles. The topological polar surface area (TPSA) is 15.6 Å². The molecule has 2 nitrogen and oxygen atoms in total. The van der Waals surface area contributed by atoms with E-state index in [1.54, 1.807) is 0 Å². The number of hydrogen-bond acceptors (Lipinski definition) is 2. The van der Waals surface area contributed by atoms with Crippen LogP contribution in [-0.4, -0.2) is 17.8 Å². The number of hydrogen-bond donors (Lipinski definition) is 0. The third-order valence-electron chi connectivity index (χ3n) is 5.87. The summed E-state index contributed by atoms with van der Waals surface area (Å²) in [7, 11) is 0. The Morgan fingerprint density at radius 2 is 1.46 bits per heavy atom. The van der Waals surface area contributed by atoms with Gasteiger partial charge in [0.15, 0.2) is 0 Å². The first-order valence-corrected chi connectivity index (χ1v) is 12.9. The van der Waals surface area contributed by atoms with E-state index in [0.717, 1.165) is 31.2 Å². The quantitative estimate of drug-likeness (QED) is 0.147. The van der Waals surface area contributed by atoms with Crippen LogP contribution in [0.15, 0.2) is 23.2 Å². The van der Waals surface area contributed by atoms with Gasteiger partial charge in [-0.05, 0) is 0 Å². The number of rotatable bonds is 12. The second kappa shape index (κ2) is 12.3. The summed E-state index contributed by atoms with van der Waals surface area (Å²) in [6.45, 7) is 19.4. The number of aliphatic imine (C=N–C) groups is 1. The first-order chi connectivity index (χ1) is 13.1. The fraction of sp³-hybridized carbons (Fsp3) is 0.720. The van der Waals surface area contributed by atoms with Gasteiger partial charge in [0.1, 0.15) is 0 Å². The average Bonchev–Trinajstić information content (AvgIpc) is 2.65. The van der Waals surface area contributed by atoms with Gasteiger partial charge in [-0.1, -0.05) is 0 Å². The zero-order valence-electron chi connectivity index (χ0n) is 19.7. The van der Waals surface area contributed by atoms with Gasteiger partial charge >= 0.3 is 191 Å². The summed E-state index contributed by atoms with van der Waals surface area (Å²) < 4.78 is 2.61. The second-order valence-corrected chi connectivity index (χ2v) is 10.8. The van der Waals surface area contributed by atoms with E-state index < -0.39 is 0 Å². The van der Waals surface area contributed by atoms with Gasteiger partial charge in [0.05, 0.1) is 0 Å². The molecular weight excluding hydrogens is 507 g/mol. The SMILES string of the molecule is CCCCCCCC/N=C(\C)C(C)(C)[N]([Hf])c1c(C(C)C)cccc1C(C)C. The molecule has 0 saturated heterocycles. The van der Waals surface area contributed by atoms with Crippen LogP contribution in [0.4, 0.5) is 5.69 Å². The molecule has 0 N–H and O–H groups in total. The van der Waals surface area contributed by atoms with E-state index in [1.165, 1.54) is 61.1 Å². The maximum absolute atomic E-state index is 5.01. The molecule has 1 aromatic rings. The van der Waals surface area contributed by atoms with Crippen LogP contribution < -0.4 is 2.89 Å². The molecule has 1 rings (SSSR count). The van der Waals surface area contributed by atoms with Crippen LogP contribution in [0, 0.1) is 0 Å². The number of nitrogens with zero attached hydrogens (tertiary/aromatic N) is 2. The Hall–Kier alpha value is -0.440. The summed E-state index contributed by atoms with van der Waals surface area (Å²) in [5.41, 5.74) is 5.63. The Kier molecular flexibility index (Phi) is 11.2. The maximum atomic E-state index is 5.01. The predicted molar refractivity (Wildman–Crippen MR) is 123 cm³/mol. The molecule has 0 aliphatic rings. The molecular formula is C25H43HfN2. The van der Waals surface area contributed by atoms with Crippen LogP contribution in [0.1, 0.15) is 117 Å². The van der Waals surface area contributed by atoms with Gasteiger partial charge in [-0.3, -0.25) is 0 Å². The van der Waals surface area contributed by atoms with Crippen LogP contribution in [0.2, 0.25) is 0 Å². The van der Waals surface area contributed by atoms with Crippen LogP contribution >= 0.6 is 0 Å². The van der Waals surface area contributed by atoms with E-state index in [9.17, 15) is 0 Å². The fourth-order valence-corrected chi connectivity index (χ4v) is 5.05. The molecule has 0 amide bonds. The van der Waals surface area contributed by atoms with Crippen LogP contribution in [0.3, 0.4) is 0 Å². The molecule has 0 aliphatic carbocycles. The molecule has 0 heterocycles. The zero-order chi connectivity index (χ0) is 21.3. The van der Waals surface area contributed by atoms with Crippen LogP contribution in [-0.2, 0) is 24.7 Å². The van der Waals surface area contributed by atoms with Crippen molar-refractivity contribution in [2.45, 2.75) is 111 Å². The van der Waals surface area contributed by atoms with Gasteiger partial charge in [-0.2, -0.15) is 0 Å². The average molecular weight is 550 g/mol. The Labute approximate surface area is 190 Å². The predicted octanol–water partition coefficient (Wildman–Crippen LogP) is 7.80. The summed E-state index contributed by atoms with van der Waals surface area (Å²) in [6, 6.07) is 6.86. The summed E-state index contributed by atoms with van der Waals surface area (Å²) in [5.74, 6) is 1.06. The third-order valence-corrected chi connectivity index (χ3v) is 8.68. The van der Waals surface area contributed by atoms with E-state index >= 15 is 0 Å². The molecule has 1 aromatic carbocycles. The van der Waals surface area contributed by atoms with Crippen LogP contribution in [0.5, 0.6) is 0 Å². The van der Waals surface area contributed by atoms with Crippen molar-refractivity contribution in [3.63, 3.8) is 0 Å². The van der Waals surface area contributed by atoms with Crippen molar-refractivity contribution in [2.24, 2.45) is 4.99 Å². The summed E-state index contributed by atoms with van der Waals surface area (Å²) >= 11 is 0.985. The number of anilines is 1. The molecule has 157 valence electrons. The minimum atomic E-state index is -0.0386. The van der Waals surface area contributed by atoms with Crippen molar-refractivity contribution in [3.8, 4) is 0 Å². The number of benzene rings is 1. The summed E-state index contributed by atoms with van der Waals surface area (Å²) in [5, 5.41) is 0. The number of unbranched alkanes of at least 4 members (excludes halogenated alkanes) is 5. The molecule has 0 spiro atoms. The number of para-hydroxylation sites is 1. The molecule has 0 radical (unpaired) electrons. The standard InChI is InChI=1S/C25H43N2.Hf/c1-9-10-11-12-13-14-18-26-21(6)25(7,8)27-24-22(19(2)3)16-15-17-23(24)20(4)5;/h15-17,19-20H,9-14,18H2,1-8H3;/q-1;+1/b26-21+;. The van der Waals surface area contributed by atoms with Crippen molar-refractivity contribution in [2.75, 3.05) is 9.43 Å². The van der Waals surface area contributed by atoms with Gasteiger partial charge in [0, 0.05) is 0 Å². The van der Waals surface area contributed by atoms with Crippen molar-refractivity contribution in [1.82, 2.24) is 0 Å². The molecule has 0 bridgehead atoms. The fourth-order valence-electron chi connectivity index (χ4n) is 3.54. The first kappa shape index (κ1) is 25.6. The summed E-state index contributed by atoms with van der Waals surface area (Å²) in [6.07, 6.45) is 7.96. The minimum absolute atomic E-state index is 0.0386. The molecule has 3 heteroatoms. The van der Waals surface area contributed by atoms with Crippen molar-refractivity contribution in [3.05, 3.63) is 29.3 Å². The van der Waals surface area contributed by atoms with Crippen molar-refractivity contribution in [1.29, 1.82) is 0 Å². The third kappa shape index (κ3) is 7.11. The molecule has 0 aliphatic heterocycles. The van der Waals surface area contributed by atoms with E-state index in [0.29, 0.717) is 11.8 Å². The van der Waals surface area contributed by atoms with E-state index in [-0.39, 0.29) is 5.54 Å². The van der Waals surface area contributed by atoms with Crippen molar-refractivity contribution >= 4 is 11.4 Å². The Morgan fingerprint density at radius 3 is 1.96 bits per heavy atom. The molecule has 0 unspecified atom stereocenters. The van der Waals surface area contributed by atoms with E-state index in [2.05, 4.69) is 76.5 Å². The normalized spacial score (nSPS) is 12.8. The zero-order valence-corrected chi connectivity index (χ0v) is 23.3. The van der Waals surface area contributed by atoms with Gasteiger partial charge in [-0.25, -0.2) is 0 Å². The molecule has 28 heavy (non-hydrogen) atoms. The first-order valence-electron chi connectivity index (χ1n) is 11.3. The second-order valence-electron chi connectivity index (χ2n) is 9.22. The van der Waals surface area contributed by atoms with E-state index in [4.69, 9.17) is 4.99 Å². The van der Waals surface area contributed by atoms with Gasteiger partial charge in [0.2, 0.25) is 0 Å². The molecule has 0 aromatic heterocycles. The van der Waals surface area contributed by atoms with Gasteiger partial charge in [-0.15, -0.1) is 0 Å². The van der Waals surface area contributed by atoms with Gasteiger partial charge < -0.3 is 0 Å². The Bertz CT molecular complexity index is 591. The van der Waals surface area contributed by atoms with Crippen LogP contribution in [0.25, 0.3) is 0 Å². The monoisotopic (exact) mass is 551 g/mol. The Morgan fingerprint density at radius 1 is 0.964 bits per heavy atom. The van der Waals surface area contributed by atoms with E-state index in [1.807, 2.05) is 0 Å². The van der Waals surface area contributed by atoms with Gasteiger partial charge in [0.25, 0.3) is 0 Å². The summed E-state index contributed by atoms with van der Waals surface area (Å²) in [4.78, 5) is 5.01. The Balaban J connectivity index is 2.97. The molecule has 0 atom stereocenters.